The highest BCUT2D eigenvalue weighted by atomic mass is 19.1. The van der Waals surface area contributed by atoms with Crippen molar-refractivity contribution in [2.75, 3.05) is 0 Å². The predicted molar refractivity (Wildman–Crippen MR) is 149 cm³/mol. The van der Waals surface area contributed by atoms with Crippen LogP contribution in [-0.2, 0) is 18.3 Å². The topological polar surface area (TPSA) is 64.7 Å². The Kier molecular flexibility index (Phi) is 5.94. The first-order chi connectivity index (χ1) is 19.1. The first kappa shape index (κ1) is 24.4. The smallest absolute Gasteiger partial charge is 0.160 e. The molecule has 5 nitrogen and oxygen atoms in total. The van der Waals surface area contributed by atoms with Crippen LogP contribution in [0.2, 0.25) is 0 Å². The van der Waals surface area contributed by atoms with Gasteiger partial charge in [0.25, 0.3) is 0 Å². The molecule has 198 valence electrons. The summed E-state index contributed by atoms with van der Waals surface area (Å²) in [6.45, 7) is 6.32. The van der Waals surface area contributed by atoms with E-state index >= 15 is 4.39 Å². The predicted octanol–water partition coefficient (Wildman–Crippen LogP) is 7.73. The zero-order valence-electron chi connectivity index (χ0n) is 22.4. The number of benzene rings is 1. The van der Waals surface area contributed by atoms with Gasteiger partial charge in [-0.05, 0) is 75.1 Å². The molecule has 3 heterocycles. The van der Waals surface area contributed by atoms with E-state index in [1.807, 2.05) is 36.7 Å². The molecule has 1 fully saturated rings. The number of aromatic nitrogens is 4. The molecule has 0 spiro atoms. The third-order valence-corrected chi connectivity index (χ3v) is 9.18. The summed E-state index contributed by atoms with van der Waals surface area (Å²) in [6.07, 6.45) is 13.5. The van der Waals surface area contributed by atoms with Crippen molar-refractivity contribution in [1.29, 1.82) is 0 Å². The third kappa shape index (κ3) is 3.95. The van der Waals surface area contributed by atoms with Crippen molar-refractivity contribution in [2.24, 2.45) is 5.92 Å². The van der Waals surface area contributed by atoms with E-state index in [2.05, 4.69) is 29.7 Å². The molecular formula is C33H33FN4O. The van der Waals surface area contributed by atoms with Crippen LogP contribution >= 0.6 is 0 Å². The highest BCUT2D eigenvalue weighted by Gasteiger charge is 2.53. The largest absolute Gasteiger partial charge is 0.361 e. The molecule has 3 aliphatic carbocycles. The monoisotopic (exact) mass is 520 g/mol. The van der Waals surface area contributed by atoms with Crippen LogP contribution in [0.4, 0.5) is 4.39 Å². The van der Waals surface area contributed by atoms with Crippen molar-refractivity contribution in [3.63, 3.8) is 0 Å². The molecule has 1 aromatic carbocycles. The number of rotatable bonds is 7. The first-order valence-corrected chi connectivity index (χ1v) is 14.3. The molecule has 4 aromatic rings. The van der Waals surface area contributed by atoms with Crippen molar-refractivity contribution < 1.29 is 8.91 Å². The Bertz CT molecular complexity index is 1560. The van der Waals surface area contributed by atoms with Crippen molar-refractivity contribution in [2.45, 2.75) is 75.5 Å². The van der Waals surface area contributed by atoms with E-state index in [-0.39, 0.29) is 17.2 Å². The molecule has 3 aliphatic rings. The quantitative estimate of drug-likeness (QED) is 0.233. The second kappa shape index (κ2) is 9.51. The average Bonchev–Trinajstić information content (AvgIpc) is 3.71. The number of hydrogen-bond acceptors (Lipinski definition) is 5. The number of allylic oxidation sites excluding steroid dienone is 1. The zero-order chi connectivity index (χ0) is 26.6. The van der Waals surface area contributed by atoms with Crippen molar-refractivity contribution in [3.8, 4) is 22.6 Å². The molecule has 0 saturated heterocycles. The molecule has 39 heavy (non-hydrogen) atoms. The van der Waals surface area contributed by atoms with Gasteiger partial charge in [-0.1, -0.05) is 36.7 Å². The van der Waals surface area contributed by atoms with Gasteiger partial charge < -0.3 is 4.52 Å². The van der Waals surface area contributed by atoms with Gasteiger partial charge in [0.2, 0.25) is 0 Å². The fourth-order valence-electron chi connectivity index (χ4n) is 7.40. The summed E-state index contributed by atoms with van der Waals surface area (Å²) in [7, 11) is 0. The maximum Gasteiger partial charge on any atom is 0.160 e. The molecule has 3 atom stereocenters. The molecule has 7 rings (SSSR count). The molecule has 0 N–H and O–H groups in total. The Labute approximate surface area is 228 Å². The highest BCUT2D eigenvalue weighted by Crippen LogP contribution is 2.57. The van der Waals surface area contributed by atoms with Crippen LogP contribution in [0.25, 0.3) is 22.6 Å². The molecular weight excluding hydrogens is 487 g/mol. The van der Waals surface area contributed by atoms with Crippen LogP contribution in [0, 0.1) is 11.7 Å². The highest BCUT2D eigenvalue weighted by molar-refractivity contribution is 5.70. The van der Waals surface area contributed by atoms with E-state index in [0.29, 0.717) is 23.2 Å². The average molecular weight is 521 g/mol. The van der Waals surface area contributed by atoms with Gasteiger partial charge in [0.15, 0.2) is 5.82 Å². The van der Waals surface area contributed by atoms with Crippen LogP contribution in [0.15, 0.2) is 66.0 Å². The normalized spacial score (nSPS) is 23.5. The number of hydrogen-bond donors (Lipinski definition) is 0. The van der Waals surface area contributed by atoms with Crippen LogP contribution < -0.4 is 0 Å². The molecule has 3 aromatic heterocycles. The van der Waals surface area contributed by atoms with Gasteiger partial charge in [-0.3, -0.25) is 4.98 Å². The lowest BCUT2D eigenvalue weighted by Gasteiger charge is -2.50. The van der Waals surface area contributed by atoms with Crippen LogP contribution in [-0.4, -0.2) is 20.1 Å². The van der Waals surface area contributed by atoms with Gasteiger partial charge in [-0.25, -0.2) is 14.4 Å². The second-order valence-electron chi connectivity index (χ2n) is 11.5. The van der Waals surface area contributed by atoms with Gasteiger partial charge >= 0.3 is 0 Å². The summed E-state index contributed by atoms with van der Waals surface area (Å²) in [5.41, 5.74) is 6.43. The maximum absolute atomic E-state index is 15.4. The van der Waals surface area contributed by atoms with Gasteiger partial charge in [0, 0.05) is 51.4 Å². The van der Waals surface area contributed by atoms with Crippen LogP contribution in [0.5, 0.6) is 0 Å². The minimum atomic E-state index is -0.251. The molecule has 0 radical (unpaired) electrons. The lowest BCUT2D eigenvalue weighted by molar-refractivity contribution is 0.137. The summed E-state index contributed by atoms with van der Waals surface area (Å²) >= 11 is 0. The molecule has 6 heteroatoms. The van der Waals surface area contributed by atoms with E-state index in [1.54, 1.807) is 6.07 Å². The summed E-state index contributed by atoms with van der Waals surface area (Å²) in [5, 5.41) is 4.22. The Morgan fingerprint density at radius 1 is 1.15 bits per heavy atom. The molecule has 0 bridgehead atoms. The molecule has 0 aliphatic heterocycles. The van der Waals surface area contributed by atoms with Crippen LogP contribution in [0.1, 0.15) is 85.6 Å². The Morgan fingerprint density at radius 2 is 2.03 bits per heavy atom. The number of nitrogens with zero attached hydrogens (tertiary/aromatic N) is 4. The van der Waals surface area contributed by atoms with E-state index in [1.165, 1.54) is 18.9 Å². The van der Waals surface area contributed by atoms with Gasteiger partial charge in [0.1, 0.15) is 11.6 Å². The SMILES string of the molecule is C=CC[C@H]1c2oncc2C[C@@]2(CCC)c3nc(-c4ccnc(C5CC5)c4)nc(-c4ccccc4F)c3CC[C@H]12. The lowest BCUT2D eigenvalue weighted by Crippen LogP contribution is -2.48. The summed E-state index contributed by atoms with van der Waals surface area (Å²) in [5.74, 6) is 2.46. The standard InChI is InChI=1S/C33H33FN4O/c1-3-7-23-26-13-12-25-29(24-8-5-6-9-27(24)34)37-32(21-14-16-35-28(17-21)20-10-11-20)38-31(25)33(26,15-4-2)18-22-19-36-39-30(22)23/h3,5-6,8-9,14,16-17,19-20,23,26H,1,4,7,10-13,15,18H2,2H3/t23-,26-,33-/m1/s1. The fourth-order valence-corrected chi connectivity index (χ4v) is 7.40. The van der Waals surface area contributed by atoms with Crippen molar-refractivity contribution in [3.05, 3.63) is 95.5 Å². The summed E-state index contributed by atoms with van der Waals surface area (Å²) in [6, 6.07) is 11.1. The lowest BCUT2D eigenvalue weighted by atomic mass is 9.53. The van der Waals surface area contributed by atoms with Crippen molar-refractivity contribution in [1.82, 2.24) is 20.1 Å². The van der Waals surface area contributed by atoms with E-state index in [9.17, 15) is 0 Å². The minimum Gasteiger partial charge on any atom is -0.361 e. The van der Waals surface area contributed by atoms with E-state index < -0.39 is 0 Å². The van der Waals surface area contributed by atoms with E-state index in [0.717, 1.165) is 78.1 Å². The summed E-state index contributed by atoms with van der Waals surface area (Å²) < 4.78 is 21.2. The van der Waals surface area contributed by atoms with Gasteiger partial charge in [0.05, 0.1) is 17.6 Å². The Balaban J connectivity index is 1.49. The Hall–Kier alpha value is -3.67. The van der Waals surface area contributed by atoms with Crippen molar-refractivity contribution >= 4 is 0 Å². The Morgan fingerprint density at radius 3 is 2.82 bits per heavy atom. The van der Waals surface area contributed by atoms with E-state index in [4.69, 9.17) is 14.5 Å². The maximum atomic E-state index is 15.4. The second-order valence-corrected chi connectivity index (χ2v) is 11.5. The minimum absolute atomic E-state index is 0.200. The zero-order valence-corrected chi connectivity index (χ0v) is 22.4. The third-order valence-electron chi connectivity index (χ3n) is 9.18. The molecule has 0 unspecified atom stereocenters. The summed E-state index contributed by atoms with van der Waals surface area (Å²) in [4.78, 5) is 15.1. The van der Waals surface area contributed by atoms with Crippen LogP contribution in [0.3, 0.4) is 0 Å². The van der Waals surface area contributed by atoms with Gasteiger partial charge in [-0.15, -0.1) is 6.58 Å². The number of pyridine rings is 1. The first-order valence-electron chi connectivity index (χ1n) is 14.3. The number of halogens is 1. The fraction of sp³-hybridized carbons (Fsp3) is 0.394. The number of fused-ring (bicyclic) bond motifs is 4. The molecule has 1 saturated carbocycles. The molecule has 0 amide bonds. The van der Waals surface area contributed by atoms with Gasteiger partial charge in [-0.2, -0.15) is 0 Å².